The molecule has 0 aromatic carbocycles. The number of amides is 1. The number of nitrogens with one attached hydrogen (secondary N) is 2. The molecule has 0 bridgehead atoms. The lowest BCUT2D eigenvalue weighted by Gasteiger charge is -2.22. The smallest absolute Gasteiger partial charge is 0.228 e. The Morgan fingerprint density at radius 2 is 2.00 bits per heavy atom. The number of rotatable bonds is 5. The number of hydrogen-bond donors (Lipinski definition) is 2. The van der Waals surface area contributed by atoms with Gasteiger partial charge in [0.25, 0.3) is 0 Å². The zero-order valence-corrected chi connectivity index (χ0v) is 13.1. The molecule has 2 N–H and O–H groups in total. The Balaban J connectivity index is 1.51. The summed E-state index contributed by atoms with van der Waals surface area (Å²) in [5.74, 6) is 0.565. The van der Waals surface area contributed by atoms with Crippen molar-refractivity contribution in [2.75, 3.05) is 5.32 Å². The summed E-state index contributed by atoms with van der Waals surface area (Å²) in [6.07, 6.45) is 9.57. The van der Waals surface area contributed by atoms with E-state index in [1.807, 2.05) is 5.38 Å². The summed E-state index contributed by atoms with van der Waals surface area (Å²) in [7, 11) is 0. The average molecular weight is 317 g/mol. The third kappa shape index (κ3) is 4.24. The molecule has 6 nitrogen and oxygen atoms in total. The lowest BCUT2D eigenvalue weighted by atomic mass is 9.95. The SMILES string of the molecule is O=C(Cc1csc(Nc2ncccn2)n1)NC1CCCCC1. The van der Waals surface area contributed by atoms with Crippen LogP contribution in [0, 0.1) is 0 Å². The Morgan fingerprint density at radius 1 is 1.23 bits per heavy atom. The van der Waals surface area contributed by atoms with E-state index in [9.17, 15) is 4.79 Å². The molecule has 2 heterocycles. The van der Waals surface area contributed by atoms with Gasteiger partial charge in [0, 0.05) is 23.8 Å². The fraction of sp³-hybridized carbons (Fsp3) is 0.467. The summed E-state index contributed by atoms with van der Waals surface area (Å²) >= 11 is 1.45. The van der Waals surface area contributed by atoms with Gasteiger partial charge in [-0.25, -0.2) is 15.0 Å². The predicted octanol–water partition coefficient (Wildman–Crippen LogP) is 2.67. The molecule has 0 unspecified atom stereocenters. The quantitative estimate of drug-likeness (QED) is 0.886. The standard InChI is InChI=1S/C15H19N5OS/c21-13(18-11-5-2-1-3-6-11)9-12-10-22-15(19-12)20-14-16-7-4-8-17-14/h4,7-8,10-11H,1-3,5-6,9H2,(H,18,21)(H,16,17,19,20). The second-order valence-electron chi connectivity index (χ2n) is 5.42. The van der Waals surface area contributed by atoms with Gasteiger partial charge in [-0.3, -0.25) is 4.79 Å². The molecule has 1 amide bonds. The van der Waals surface area contributed by atoms with Crippen LogP contribution in [0.3, 0.4) is 0 Å². The second-order valence-corrected chi connectivity index (χ2v) is 6.28. The number of carbonyl (C=O) groups excluding carboxylic acids is 1. The van der Waals surface area contributed by atoms with E-state index in [0.717, 1.165) is 18.5 Å². The van der Waals surface area contributed by atoms with Crippen molar-refractivity contribution in [2.24, 2.45) is 0 Å². The molecule has 0 radical (unpaired) electrons. The van der Waals surface area contributed by atoms with Crippen molar-refractivity contribution in [1.82, 2.24) is 20.3 Å². The van der Waals surface area contributed by atoms with E-state index in [1.54, 1.807) is 18.5 Å². The van der Waals surface area contributed by atoms with Gasteiger partial charge in [0.05, 0.1) is 12.1 Å². The summed E-state index contributed by atoms with van der Waals surface area (Å²) in [6.45, 7) is 0. The van der Waals surface area contributed by atoms with Crippen LogP contribution in [0.4, 0.5) is 11.1 Å². The molecule has 0 aliphatic heterocycles. The van der Waals surface area contributed by atoms with E-state index >= 15 is 0 Å². The topological polar surface area (TPSA) is 79.8 Å². The molecule has 1 aliphatic rings. The Hall–Kier alpha value is -2.02. The van der Waals surface area contributed by atoms with E-state index in [0.29, 0.717) is 23.5 Å². The first kappa shape index (κ1) is 14.9. The monoisotopic (exact) mass is 317 g/mol. The van der Waals surface area contributed by atoms with Crippen molar-refractivity contribution in [3.05, 3.63) is 29.5 Å². The summed E-state index contributed by atoms with van der Waals surface area (Å²) in [5, 5.41) is 8.73. The Morgan fingerprint density at radius 3 is 2.77 bits per heavy atom. The number of aromatic nitrogens is 3. The normalized spacial score (nSPS) is 15.5. The highest BCUT2D eigenvalue weighted by molar-refractivity contribution is 7.13. The first-order valence-corrected chi connectivity index (χ1v) is 8.45. The van der Waals surface area contributed by atoms with Gasteiger partial charge in [-0.1, -0.05) is 19.3 Å². The molecule has 0 saturated heterocycles. The molecule has 2 aromatic rings. The van der Waals surface area contributed by atoms with Crippen molar-refractivity contribution in [1.29, 1.82) is 0 Å². The van der Waals surface area contributed by atoms with Crippen LogP contribution in [0.1, 0.15) is 37.8 Å². The third-order valence-electron chi connectivity index (χ3n) is 3.65. The van der Waals surface area contributed by atoms with E-state index in [2.05, 4.69) is 25.6 Å². The minimum atomic E-state index is 0.0553. The molecule has 7 heteroatoms. The first-order chi connectivity index (χ1) is 10.8. The number of hydrogen-bond acceptors (Lipinski definition) is 6. The molecule has 3 rings (SSSR count). The lowest BCUT2D eigenvalue weighted by molar-refractivity contribution is -0.121. The summed E-state index contributed by atoms with van der Waals surface area (Å²) in [5.41, 5.74) is 0.775. The Bertz CT molecular complexity index is 609. The predicted molar refractivity (Wildman–Crippen MR) is 86.1 cm³/mol. The van der Waals surface area contributed by atoms with Gasteiger partial charge >= 0.3 is 0 Å². The Kier molecular flexibility index (Phi) is 4.95. The molecule has 0 spiro atoms. The van der Waals surface area contributed by atoms with Gasteiger partial charge in [0.15, 0.2) is 5.13 Å². The van der Waals surface area contributed by atoms with Crippen LogP contribution in [0.15, 0.2) is 23.8 Å². The molecular weight excluding hydrogens is 298 g/mol. The molecule has 1 aliphatic carbocycles. The van der Waals surface area contributed by atoms with Gasteiger partial charge in [0.1, 0.15) is 0 Å². The summed E-state index contributed by atoms with van der Waals surface area (Å²) in [6, 6.07) is 2.10. The molecule has 2 aromatic heterocycles. The van der Waals surface area contributed by atoms with Crippen LogP contribution < -0.4 is 10.6 Å². The van der Waals surface area contributed by atoms with Crippen molar-refractivity contribution in [3.8, 4) is 0 Å². The fourth-order valence-corrected chi connectivity index (χ4v) is 3.30. The van der Waals surface area contributed by atoms with Crippen LogP contribution in [0.5, 0.6) is 0 Å². The largest absolute Gasteiger partial charge is 0.353 e. The van der Waals surface area contributed by atoms with Gasteiger partial charge in [-0.15, -0.1) is 11.3 Å². The average Bonchev–Trinajstić information content (AvgIpc) is 2.96. The Labute approximate surface area is 133 Å². The molecular formula is C15H19N5OS. The van der Waals surface area contributed by atoms with Gasteiger partial charge < -0.3 is 10.6 Å². The summed E-state index contributed by atoms with van der Waals surface area (Å²) < 4.78 is 0. The van der Waals surface area contributed by atoms with Crippen molar-refractivity contribution in [2.45, 2.75) is 44.6 Å². The summed E-state index contributed by atoms with van der Waals surface area (Å²) in [4.78, 5) is 24.6. The zero-order chi connectivity index (χ0) is 15.2. The molecule has 22 heavy (non-hydrogen) atoms. The number of anilines is 2. The van der Waals surface area contributed by atoms with E-state index in [-0.39, 0.29) is 5.91 Å². The maximum atomic E-state index is 12.1. The van der Waals surface area contributed by atoms with Crippen LogP contribution >= 0.6 is 11.3 Å². The van der Waals surface area contributed by atoms with Gasteiger partial charge in [-0.2, -0.15) is 0 Å². The minimum Gasteiger partial charge on any atom is -0.353 e. The van der Waals surface area contributed by atoms with Crippen LogP contribution in [0.2, 0.25) is 0 Å². The molecule has 1 saturated carbocycles. The van der Waals surface area contributed by atoms with E-state index < -0.39 is 0 Å². The fourth-order valence-electron chi connectivity index (χ4n) is 2.59. The number of thiazole rings is 1. The highest BCUT2D eigenvalue weighted by Gasteiger charge is 2.16. The van der Waals surface area contributed by atoms with Crippen molar-refractivity contribution >= 4 is 28.3 Å². The van der Waals surface area contributed by atoms with Crippen molar-refractivity contribution < 1.29 is 4.79 Å². The van der Waals surface area contributed by atoms with Crippen LogP contribution in [-0.4, -0.2) is 26.9 Å². The minimum absolute atomic E-state index is 0.0553. The van der Waals surface area contributed by atoms with Crippen LogP contribution in [-0.2, 0) is 11.2 Å². The molecule has 0 atom stereocenters. The molecule has 1 fully saturated rings. The first-order valence-electron chi connectivity index (χ1n) is 7.57. The van der Waals surface area contributed by atoms with E-state index in [1.165, 1.54) is 30.6 Å². The maximum absolute atomic E-state index is 12.1. The highest BCUT2D eigenvalue weighted by atomic mass is 32.1. The van der Waals surface area contributed by atoms with Crippen molar-refractivity contribution in [3.63, 3.8) is 0 Å². The molecule has 116 valence electrons. The third-order valence-corrected chi connectivity index (χ3v) is 4.45. The number of nitrogens with zero attached hydrogens (tertiary/aromatic N) is 3. The zero-order valence-electron chi connectivity index (χ0n) is 12.3. The number of carbonyl (C=O) groups is 1. The van der Waals surface area contributed by atoms with Gasteiger partial charge in [0.2, 0.25) is 11.9 Å². The van der Waals surface area contributed by atoms with E-state index in [4.69, 9.17) is 0 Å². The maximum Gasteiger partial charge on any atom is 0.228 e. The van der Waals surface area contributed by atoms with Crippen LogP contribution in [0.25, 0.3) is 0 Å². The highest BCUT2D eigenvalue weighted by Crippen LogP contribution is 2.20. The lowest BCUT2D eigenvalue weighted by Crippen LogP contribution is -2.37. The van der Waals surface area contributed by atoms with Gasteiger partial charge in [-0.05, 0) is 18.9 Å². The second kappa shape index (κ2) is 7.31.